The summed E-state index contributed by atoms with van der Waals surface area (Å²) in [5.74, 6) is 0.610. The monoisotopic (exact) mass is 293 g/mol. The molecular weight excluding hydrogens is 274 g/mol. The smallest absolute Gasteiger partial charge is 0.314 e. The normalized spacial score (nSPS) is 13.0. The maximum absolute atomic E-state index is 10.9. The Morgan fingerprint density at radius 3 is 2.76 bits per heavy atom. The second-order valence-electron chi connectivity index (χ2n) is 4.93. The number of rotatable bonds is 8. The van der Waals surface area contributed by atoms with E-state index in [4.69, 9.17) is 20.5 Å². The van der Waals surface area contributed by atoms with Gasteiger partial charge in [-0.1, -0.05) is 0 Å². The molecule has 0 aromatic heterocycles. The molecule has 0 fully saturated rings. The van der Waals surface area contributed by atoms with Crippen LogP contribution in [0.1, 0.15) is 26.2 Å². The lowest BCUT2D eigenvalue weighted by molar-refractivity contribution is -0.385. The molecule has 1 aromatic rings. The number of nitro groups is 1. The van der Waals surface area contributed by atoms with Gasteiger partial charge in [0.2, 0.25) is 0 Å². The first-order valence-electron chi connectivity index (χ1n) is 6.55. The molecular formula is C14H19N3O4. The van der Waals surface area contributed by atoms with Crippen LogP contribution in [0.5, 0.6) is 11.5 Å². The van der Waals surface area contributed by atoms with Crippen LogP contribution in [0.2, 0.25) is 0 Å². The zero-order chi connectivity index (χ0) is 15.9. The fourth-order valence-corrected chi connectivity index (χ4v) is 1.74. The molecule has 0 bridgehead atoms. The summed E-state index contributed by atoms with van der Waals surface area (Å²) in [4.78, 5) is 10.4. The van der Waals surface area contributed by atoms with Crippen LogP contribution < -0.4 is 15.2 Å². The van der Waals surface area contributed by atoms with Gasteiger partial charge in [0.25, 0.3) is 0 Å². The van der Waals surface area contributed by atoms with Crippen molar-refractivity contribution in [2.45, 2.75) is 31.7 Å². The molecule has 7 nitrogen and oxygen atoms in total. The average Bonchev–Trinajstić information content (AvgIpc) is 2.46. The summed E-state index contributed by atoms with van der Waals surface area (Å²) >= 11 is 0. The summed E-state index contributed by atoms with van der Waals surface area (Å²) in [6, 6.07) is 6.48. The molecule has 0 amide bonds. The van der Waals surface area contributed by atoms with Crippen molar-refractivity contribution in [3.63, 3.8) is 0 Å². The van der Waals surface area contributed by atoms with E-state index in [1.807, 2.05) is 6.07 Å². The molecule has 7 heteroatoms. The van der Waals surface area contributed by atoms with Gasteiger partial charge in [-0.3, -0.25) is 10.1 Å². The standard InChI is InChI=1S/C14H19N3O4/c1-14(16,10-15)7-3-4-8-21-11-5-6-13(20-2)12(9-11)17(18)19/h5-6,9H,3-4,7-8,16H2,1-2H3. The fourth-order valence-electron chi connectivity index (χ4n) is 1.74. The molecule has 0 spiro atoms. The van der Waals surface area contributed by atoms with E-state index in [2.05, 4.69) is 0 Å². The van der Waals surface area contributed by atoms with Crippen molar-refractivity contribution in [1.82, 2.24) is 0 Å². The van der Waals surface area contributed by atoms with Crippen LogP contribution in [0, 0.1) is 21.4 Å². The van der Waals surface area contributed by atoms with E-state index in [1.165, 1.54) is 19.2 Å². The third-order valence-electron chi connectivity index (χ3n) is 2.96. The minimum atomic E-state index is -0.821. The SMILES string of the molecule is COc1ccc(OCCCCC(C)(N)C#N)cc1[N+](=O)[O-]. The van der Waals surface area contributed by atoms with Crippen LogP contribution >= 0.6 is 0 Å². The van der Waals surface area contributed by atoms with E-state index in [0.717, 1.165) is 6.42 Å². The van der Waals surface area contributed by atoms with Gasteiger partial charge >= 0.3 is 5.69 Å². The predicted octanol–water partition coefficient (Wildman–Crippen LogP) is 2.39. The number of nitrogens with two attached hydrogens (primary N) is 1. The van der Waals surface area contributed by atoms with Crippen molar-refractivity contribution in [2.75, 3.05) is 13.7 Å². The van der Waals surface area contributed by atoms with Gasteiger partial charge in [0.15, 0.2) is 5.75 Å². The van der Waals surface area contributed by atoms with Gasteiger partial charge in [0.1, 0.15) is 11.3 Å². The highest BCUT2D eigenvalue weighted by Crippen LogP contribution is 2.30. The Morgan fingerprint density at radius 1 is 1.48 bits per heavy atom. The molecule has 0 heterocycles. The van der Waals surface area contributed by atoms with Crippen molar-refractivity contribution >= 4 is 5.69 Å². The minimum Gasteiger partial charge on any atom is -0.493 e. The molecule has 0 aliphatic rings. The number of nitriles is 1. The lowest BCUT2D eigenvalue weighted by Crippen LogP contribution is -2.33. The molecule has 2 N–H and O–H groups in total. The van der Waals surface area contributed by atoms with Gasteiger partial charge < -0.3 is 15.2 Å². The quantitative estimate of drug-likeness (QED) is 0.447. The number of methoxy groups -OCH3 is 1. The third kappa shape index (κ3) is 5.28. The highest BCUT2D eigenvalue weighted by Gasteiger charge is 2.17. The first-order chi connectivity index (χ1) is 9.89. The number of ether oxygens (including phenoxy) is 2. The number of hydrogen-bond acceptors (Lipinski definition) is 6. The highest BCUT2D eigenvalue weighted by atomic mass is 16.6. The van der Waals surface area contributed by atoms with Gasteiger partial charge in [0.05, 0.1) is 30.8 Å². The van der Waals surface area contributed by atoms with Crippen LogP contribution in [-0.4, -0.2) is 24.2 Å². The highest BCUT2D eigenvalue weighted by molar-refractivity contribution is 5.50. The van der Waals surface area contributed by atoms with Crippen molar-refractivity contribution in [1.29, 1.82) is 5.26 Å². The van der Waals surface area contributed by atoms with Gasteiger partial charge in [-0.05, 0) is 38.3 Å². The van der Waals surface area contributed by atoms with E-state index in [9.17, 15) is 10.1 Å². The number of benzene rings is 1. The Labute approximate surface area is 123 Å². The number of unbranched alkanes of at least 4 members (excludes halogenated alkanes) is 1. The first-order valence-corrected chi connectivity index (χ1v) is 6.55. The van der Waals surface area contributed by atoms with Crippen molar-refractivity contribution < 1.29 is 14.4 Å². The zero-order valence-corrected chi connectivity index (χ0v) is 12.2. The summed E-state index contributed by atoms with van der Waals surface area (Å²) in [7, 11) is 1.38. The number of nitrogens with zero attached hydrogens (tertiary/aromatic N) is 2. The number of nitro benzene ring substituents is 1. The maximum atomic E-state index is 10.9. The number of hydrogen-bond donors (Lipinski definition) is 1. The molecule has 1 rings (SSSR count). The molecule has 114 valence electrons. The maximum Gasteiger partial charge on any atom is 0.314 e. The Kier molecular flexibility index (Phi) is 5.93. The van der Waals surface area contributed by atoms with E-state index < -0.39 is 10.5 Å². The van der Waals surface area contributed by atoms with Crippen LogP contribution in [0.3, 0.4) is 0 Å². The fraction of sp³-hybridized carbons (Fsp3) is 0.500. The Hall–Kier alpha value is -2.33. The molecule has 1 atom stereocenters. The van der Waals surface area contributed by atoms with Crippen LogP contribution in [-0.2, 0) is 0 Å². The summed E-state index contributed by atoms with van der Waals surface area (Å²) in [5, 5.41) is 19.7. The molecule has 1 unspecified atom stereocenters. The minimum absolute atomic E-state index is 0.131. The van der Waals surface area contributed by atoms with E-state index in [0.29, 0.717) is 25.2 Å². The summed E-state index contributed by atoms with van der Waals surface area (Å²) in [5.41, 5.74) is 4.75. The first kappa shape index (κ1) is 16.7. The molecule has 0 saturated heterocycles. The summed E-state index contributed by atoms with van der Waals surface area (Å²) in [6.45, 7) is 2.09. The van der Waals surface area contributed by atoms with Gasteiger partial charge in [-0.15, -0.1) is 0 Å². The average molecular weight is 293 g/mol. The molecule has 0 aliphatic heterocycles. The Morgan fingerprint density at radius 2 is 2.19 bits per heavy atom. The molecule has 0 saturated carbocycles. The van der Waals surface area contributed by atoms with Crippen LogP contribution in [0.15, 0.2) is 18.2 Å². The summed E-state index contributed by atoms with van der Waals surface area (Å²) in [6.07, 6.45) is 2.04. The zero-order valence-electron chi connectivity index (χ0n) is 12.2. The van der Waals surface area contributed by atoms with E-state index in [1.54, 1.807) is 13.0 Å². The topological polar surface area (TPSA) is 111 Å². The Balaban J connectivity index is 2.48. The Bertz CT molecular complexity index is 538. The van der Waals surface area contributed by atoms with Crippen LogP contribution in [0.25, 0.3) is 0 Å². The van der Waals surface area contributed by atoms with Crippen molar-refractivity contribution in [3.05, 3.63) is 28.3 Å². The van der Waals surface area contributed by atoms with E-state index >= 15 is 0 Å². The molecule has 1 aromatic carbocycles. The van der Waals surface area contributed by atoms with E-state index in [-0.39, 0.29) is 11.4 Å². The molecule has 0 radical (unpaired) electrons. The lowest BCUT2D eigenvalue weighted by Gasteiger charge is -2.14. The van der Waals surface area contributed by atoms with Crippen molar-refractivity contribution in [3.8, 4) is 17.6 Å². The summed E-state index contributed by atoms with van der Waals surface area (Å²) < 4.78 is 10.4. The molecule has 0 aliphatic carbocycles. The van der Waals surface area contributed by atoms with Gasteiger partial charge in [-0.25, -0.2) is 0 Å². The molecule has 21 heavy (non-hydrogen) atoms. The van der Waals surface area contributed by atoms with Crippen LogP contribution in [0.4, 0.5) is 5.69 Å². The second-order valence-corrected chi connectivity index (χ2v) is 4.93. The predicted molar refractivity (Wildman–Crippen MR) is 77.2 cm³/mol. The van der Waals surface area contributed by atoms with Gasteiger partial charge in [0, 0.05) is 0 Å². The second kappa shape index (κ2) is 7.45. The van der Waals surface area contributed by atoms with Crippen molar-refractivity contribution in [2.24, 2.45) is 5.73 Å². The largest absolute Gasteiger partial charge is 0.493 e. The third-order valence-corrected chi connectivity index (χ3v) is 2.96. The lowest BCUT2D eigenvalue weighted by atomic mass is 9.98. The van der Waals surface area contributed by atoms with Gasteiger partial charge in [-0.2, -0.15) is 5.26 Å².